The molecule has 0 saturated heterocycles. The van der Waals surface area contributed by atoms with E-state index in [9.17, 15) is 9.59 Å². The number of carbonyl (C=O) groups is 2. The Hall–Kier alpha value is -2.04. The molecule has 1 aromatic rings. The number of imide groups is 1. The minimum Gasteiger partial charge on any atom is -0.376 e. The van der Waals surface area contributed by atoms with E-state index in [1.54, 1.807) is 0 Å². The van der Waals surface area contributed by atoms with E-state index in [1.807, 2.05) is 26.0 Å². The molecule has 1 aliphatic carbocycles. The fraction of sp³-hybridized carbons (Fsp3) is 0.529. The molecule has 3 N–H and O–H groups in total. The summed E-state index contributed by atoms with van der Waals surface area (Å²) < 4.78 is 0. The number of hydrogen-bond donors (Lipinski definition) is 3. The summed E-state index contributed by atoms with van der Waals surface area (Å²) in [4.78, 5) is 23.3. The van der Waals surface area contributed by atoms with Crippen LogP contribution in [0.4, 0.5) is 10.5 Å². The molecule has 22 heavy (non-hydrogen) atoms. The van der Waals surface area contributed by atoms with Crippen molar-refractivity contribution in [3.63, 3.8) is 0 Å². The molecule has 3 amide bonds. The van der Waals surface area contributed by atoms with Crippen LogP contribution in [0.5, 0.6) is 0 Å². The molecule has 0 atom stereocenters. The largest absolute Gasteiger partial charge is 0.376 e. The predicted molar refractivity (Wildman–Crippen MR) is 88.0 cm³/mol. The number of urea groups is 1. The summed E-state index contributed by atoms with van der Waals surface area (Å²) in [6.07, 6.45) is 4.58. The van der Waals surface area contributed by atoms with E-state index in [0.717, 1.165) is 18.5 Å². The lowest BCUT2D eigenvalue weighted by molar-refractivity contribution is -0.118. The van der Waals surface area contributed by atoms with Crippen molar-refractivity contribution in [2.24, 2.45) is 5.92 Å². The van der Waals surface area contributed by atoms with Gasteiger partial charge in [-0.1, -0.05) is 26.0 Å². The van der Waals surface area contributed by atoms with Crippen LogP contribution in [-0.4, -0.2) is 25.0 Å². The Morgan fingerprint density at radius 2 is 1.95 bits per heavy atom. The topological polar surface area (TPSA) is 70.2 Å². The molecule has 5 heteroatoms. The SMILES string of the molecule is CC(C)CNC(=O)NC(=O)CNc1cccc2c1CCCC2. The molecule has 1 aromatic carbocycles. The summed E-state index contributed by atoms with van der Waals surface area (Å²) in [5.74, 6) is 0.0319. The fourth-order valence-electron chi connectivity index (χ4n) is 2.63. The molecule has 0 aromatic heterocycles. The van der Waals surface area contributed by atoms with E-state index >= 15 is 0 Å². The van der Waals surface area contributed by atoms with Crippen molar-refractivity contribution in [2.45, 2.75) is 39.5 Å². The van der Waals surface area contributed by atoms with Gasteiger partial charge >= 0.3 is 6.03 Å². The predicted octanol–water partition coefficient (Wildman–Crippen LogP) is 2.46. The monoisotopic (exact) mass is 303 g/mol. The van der Waals surface area contributed by atoms with Gasteiger partial charge in [-0.2, -0.15) is 0 Å². The van der Waals surface area contributed by atoms with Gasteiger partial charge in [0.25, 0.3) is 0 Å². The number of benzene rings is 1. The zero-order valence-electron chi connectivity index (χ0n) is 13.4. The van der Waals surface area contributed by atoms with Crippen molar-refractivity contribution in [3.05, 3.63) is 29.3 Å². The number of anilines is 1. The third kappa shape index (κ3) is 4.76. The molecule has 0 spiro atoms. The third-order valence-electron chi connectivity index (χ3n) is 3.76. The first-order valence-electron chi connectivity index (χ1n) is 7.98. The van der Waals surface area contributed by atoms with Crippen LogP contribution < -0.4 is 16.0 Å². The molecule has 0 unspecified atom stereocenters. The molecule has 0 heterocycles. The van der Waals surface area contributed by atoms with E-state index in [0.29, 0.717) is 12.5 Å². The van der Waals surface area contributed by atoms with Crippen molar-refractivity contribution >= 4 is 17.6 Å². The first kappa shape index (κ1) is 16.3. The summed E-state index contributed by atoms with van der Waals surface area (Å²) in [7, 11) is 0. The molecular weight excluding hydrogens is 278 g/mol. The molecule has 2 rings (SSSR count). The Bertz CT molecular complexity index is 541. The van der Waals surface area contributed by atoms with Crippen molar-refractivity contribution in [3.8, 4) is 0 Å². The maximum Gasteiger partial charge on any atom is 0.321 e. The molecule has 0 radical (unpaired) electrons. The summed E-state index contributed by atoms with van der Waals surface area (Å²) in [6, 6.07) is 5.73. The van der Waals surface area contributed by atoms with E-state index in [1.165, 1.54) is 24.0 Å². The van der Waals surface area contributed by atoms with Crippen molar-refractivity contribution in [2.75, 3.05) is 18.4 Å². The zero-order chi connectivity index (χ0) is 15.9. The average Bonchev–Trinajstić information content (AvgIpc) is 2.51. The number of aryl methyl sites for hydroxylation is 1. The van der Waals surface area contributed by atoms with Gasteiger partial charge in [-0.05, 0) is 48.8 Å². The summed E-state index contributed by atoms with van der Waals surface area (Å²) >= 11 is 0. The molecule has 1 aliphatic rings. The molecule has 5 nitrogen and oxygen atoms in total. The van der Waals surface area contributed by atoms with Gasteiger partial charge in [0, 0.05) is 12.2 Å². The highest BCUT2D eigenvalue weighted by Crippen LogP contribution is 2.27. The first-order chi connectivity index (χ1) is 10.6. The second-order valence-corrected chi connectivity index (χ2v) is 6.16. The summed E-state index contributed by atoms with van der Waals surface area (Å²) in [5, 5.41) is 8.15. The van der Waals surface area contributed by atoms with Crippen LogP contribution in [0.3, 0.4) is 0 Å². The van der Waals surface area contributed by atoms with Gasteiger partial charge in [0.1, 0.15) is 0 Å². The molecule has 0 saturated carbocycles. The van der Waals surface area contributed by atoms with Gasteiger partial charge in [0.05, 0.1) is 6.54 Å². The number of amides is 3. The maximum atomic E-state index is 11.8. The maximum absolute atomic E-state index is 11.8. The van der Waals surface area contributed by atoms with E-state index in [-0.39, 0.29) is 12.5 Å². The minimum absolute atomic E-state index is 0.103. The lowest BCUT2D eigenvalue weighted by atomic mass is 9.90. The van der Waals surface area contributed by atoms with E-state index < -0.39 is 6.03 Å². The van der Waals surface area contributed by atoms with Crippen LogP contribution in [-0.2, 0) is 17.6 Å². The van der Waals surface area contributed by atoms with Crippen molar-refractivity contribution < 1.29 is 9.59 Å². The Morgan fingerprint density at radius 3 is 2.73 bits per heavy atom. The number of fused-ring (bicyclic) bond motifs is 1. The molecule has 0 fully saturated rings. The van der Waals surface area contributed by atoms with E-state index in [4.69, 9.17) is 0 Å². The Balaban J connectivity index is 1.83. The van der Waals surface area contributed by atoms with Crippen LogP contribution in [0.25, 0.3) is 0 Å². The van der Waals surface area contributed by atoms with Crippen LogP contribution in [0.1, 0.15) is 37.8 Å². The highest BCUT2D eigenvalue weighted by molar-refractivity contribution is 5.96. The van der Waals surface area contributed by atoms with Crippen LogP contribution in [0.2, 0.25) is 0 Å². The molecule has 0 aliphatic heterocycles. The average molecular weight is 303 g/mol. The second kappa shape index (κ2) is 7.82. The molecule has 120 valence electrons. The van der Waals surface area contributed by atoms with Crippen LogP contribution in [0, 0.1) is 5.92 Å². The third-order valence-corrected chi connectivity index (χ3v) is 3.76. The molecular formula is C17H25N3O2. The van der Waals surface area contributed by atoms with Gasteiger partial charge in [-0.3, -0.25) is 10.1 Å². The van der Waals surface area contributed by atoms with Crippen molar-refractivity contribution in [1.82, 2.24) is 10.6 Å². The number of rotatable bonds is 5. The second-order valence-electron chi connectivity index (χ2n) is 6.16. The summed E-state index contributed by atoms with van der Waals surface area (Å²) in [5.41, 5.74) is 3.69. The van der Waals surface area contributed by atoms with Crippen LogP contribution >= 0.6 is 0 Å². The van der Waals surface area contributed by atoms with Gasteiger partial charge in [0.15, 0.2) is 0 Å². The number of carbonyl (C=O) groups excluding carboxylic acids is 2. The quantitative estimate of drug-likeness (QED) is 0.782. The lowest BCUT2D eigenvalue weighted by Crippen LogP contribution is -2.43. The minimum atomic E-state index is -0.435. The van der Waals surface area contributed by atoms with Crippen LogP contribution in [0.15, 0.2) is 18.2 Å². The van der Waals surface area contributed by atoms with E-state index in [2.05, 4.69) is 22.0 Å². The van der Waals surface area contributed by atoms with Gasteiger partial charge in [-0.15, -0.1) is 0 Å². The van der Waals surface area contributed by atoms with Gasteiger partial charge < -0.3 is 10.6 Å². The Labute approximate surface area is 131 Å². The number of nitrogens with one attached hydrogen (secondary N) is 3. The highest BCUT2D eigenvalue weighted by Gasteiger charge is 2.14. The smallest absolute Gasteiger partial charge is 0.321 e. The first-order valence-corrected chi connectivity index (χ1v) is 7.98. The highest BCUT2D eigenvalue weighted by atomic mass is 16.2. The van der Waals surface area contributed by atoms with Crippen molar-refractivity contribution in [1.29, 1.82) is 0 Å². The normalized spacial score (nSPS) is 13.4. The number of hydrogen-bond acceptors (Lipinski definition) is 3. The lowest BCUT2D eigenvalue weighted by Gasteiger charge is -2.20. The summed E-state index contributed by atoms with van der Waals surface area (Å²) in [6.45, 7) is 4.66. The standard InChI is InChI=1S/C17H25N3O2/c1-12(2)10-19-17(22)20-16(21)11-18-15-9-5-7-13-6-3-4-8-14(13)15/h5,7,9,12,18H,3-4,6,8,10-11H2,1-2H3,(H2,19,20,21,22). The zero-order valence-corrected chi connectivity index (χ0v) is 13.4. The Morgan fingerprint density at radius 1 is 1.18 bits per heavy atom. The Kier molecular flexibility index (Phi) is 5.81. The fourth-order valence-corrected chi connectivity index (χ4v) is 2.63. The van der Waals surface area contributed by atoms with Gasteiger partial charge in [-0.25, -0.2) is 4.79 Å². The van der Waals surface area contributed by atoms with Gasteiger partial charge in [0.2, 0.25) is 5.91 Å². The molecule has 0 bridgehead atoms.